The third-order valence-corrected chi connectivity index (χ3v) is 3.34. The van der Waals surface area contributed by atoms with Crippen molar-refractivity contribution in [2.45, 2.75) is 25.4 Å². The molecule has 0 saturated heterocycles. The van der Waals surface area contributed by atoms with E-state index in [9.17, 15) is 14.7 Å². The molecule has 1 aliphatic carbocycles. The molecule has 1 amide bonds. The standard InChI is InChI=1S/C12H17N3O3/c1-15-11(17)6-5-9(14-15)12(18)13-7-8-3-2-4-10(8)16/h5-6,8,10,16H,2-4,7H2,1H3,(H,13,18). The zero-order chi connectivity index (χ0) is 13.1. The number of aryl methyl sites for hydroxylation is 1. The summed E-state index contributed by atoms with van der Waals surface area (Å²) in [4.78, 5) is 22.9. The SMILES string of the molecule is Cn1nc(C(=O)NCC2CCCC2O)ccc1=O. The summed E-state index contributed by atoms with van der Waals surface area (Å²) in [6.07, 6.45) is 2.42. The van der Waals surface area contributed by atoms with Gasteiger partial charge in [0.05, 0.1) is 6.10 Å². The first-order valence-electron chi connectivity index (χ1n) is 6.08. The van der Waals surface area contributed by atoms with Gasteiger partial charge in [-0.2, -0.15) is 5.10 Å². The van der Waals surface area contributed by atoms with Gasteiger partial charge >= 0.3 is 0 Å². The van der Waals surface area contributed by atoms with Crippen LogP contribution in [0.5, 0.6) is 0 Å². The van der Waals surface area contributed by atoms with Crippen LogP contribution >= 0.6 is 0 Å². The molecule has 1 aliphatic rings. The summed E-state index contributed by atoms with van der Waals surface area (Å²) in [6.45, 7) is 0.449. The molecule has 0 spiro atoms. The number of hydrogen-bond acceptors (Lipinski definition) is 4. The first-order valence-corrected chi connectivity index (χ1v) is 6.08. The fraction of sp³-hybridized carbons (Fsp3) is 0.583. The molecule has 2 atom stereocenters. The van der Waals surface area contributed by atoms with E-state index in [0.717, 1.165) is 23.9 Å². The highest BCUT2D eigenvalue weighted by atomic mass is 16.3. The molecule has 1 aromatic heterocycles. The minimum atomic E-state index is -0.321. The Morgan fingerprint density at radius 2 is 2.33 bits per heavy atom. The highest BCUT2D eigenvalue weighted by Gasteiger charge is 2.25. The smallest absolute Gasteiger partial charge is 0.271 e. The molecule has 2 rings (SSSR count). The molecule has 6 heteroatoms. The summed E-state index contributed by atoms with van der Waals surface area (Å²) in [7, 11) is 1.50. The van der Waals surface area contributed by atoms with Crippen molar-refractivity contribution in [3.8, 4) is 0 Å². The van der Waals surface area contributed by atoms with Gasteiger partial charge < -0.3 is 10.4 Å². The lowest BCUT2D eigenvalue weighted by atomic mass is 10.1. The normalized spacial score (nSPS) is 23.0. The Balaban J connectivity index is 1.95. The van der Waals surface area contributed by atoms with E-state index in [2.05, 4.69) is 10.4 Å². The van der Waals surface area contributed by atoms with E-state index in [0.29, 0.717) is 6.54 Å². The van der Waals surface area contributed by atoms with Crippen molar-refractivity contribution in [2.24, 2.45) is 13.0 Å². The number of nitrogens with one attached hydrogen (secondary N) is 1. The molecule has 0 radical (unpaired) electrons. The van der Waals surface area contributed by atoms with Gasteiger partial charge in [0.25, 0.3) is 11.5 Å². The lowest BCUT2D eigenvalue weighted by Crippen LogP contribution is -2.34. The molecular formula is C12H17N3O3. The number of aliphatic hydroxyl groups excluding tert-OH is 1. The molecule has 2 unspecified atom stereocenters. The topological polar surface area (TPSA) is 84.2 Å². The zero-order valence-corrected chi connectivity index (χ0v) is 10.3. The van der Waals surface area contributed by atoms with Crippen molar-refractivity contribution < 1.29 is 9.90 Å². The third-order valence-electron chi connectivity index (χ3n) is 3.34. The van der Waals surface area contributed by atoms with Crippen LogP contribution in [0.1, 0.15) is 29.8 Å². The number of aliphatic hydroxyl groups is 1. The van der Waals surface area contributed by atoms with Gasteiger partial charge in [-0.15, -0.1) is 0 Å². The highest BCUT2D eigenvalue weighted by Crippen LogP contribution is 2.24. The second-order valence-electron chi connectivity index (χ2n) is 4.65. The number of aromatic nitrogens is 2. The summed E-state index contributed by atoms with van der Waals surface area (Å²) in [5, 5.41) is 16.2. The van der Waals surface area contributed by atoms with E-state index in [4.69, 9.17) is 0 Å². The molecule has 0 bridgehead atoms. The molecule has 1 heterocycles. The molecule has 6 nitrogen and oxygen atoms in total. The van der Waals surface area contributed by atoms with Crippen LogP contribution in [0.25, 0.3) is 0 Å². The molecule has 18 heavy (non-hydrogen) atoms. The summed E-state index contributed by atoms with van der Waals surface area (Å²) in [6, 6.07) is 2.72. The Kier molecular flexibility index (Phi) is 3.76. The molecular weight excluding hydrogens is 234 g/mol. The second kappa shape index (κ2) is 5.30. The maximum absolute atomic E-state index is 11.8. The quantitative estimate of drug-likeness (QED) is 0.770. The Labute approximate surface area is 105 Å². The number of amides is 1. The number of rotatable bonds is 3. The Bertz CT molecular complexity index is 498. The third kappa shape index (κ3) is 2.76. The maximum Gasteiger partial charge on any atom is 0.271 e. The van der Waals surface area contributed by atoms with Gasteiger partial charge in [0.2, 0.25) is 0 Å². The molecule has 98 valence electrons. The van der Waals surface area contributed by atoms with Crippen LogP contribution in [0.2, 0.25) is 0 Å². The minimum absolute atomic E-state index is 0.126. The monoisotopic (exact) mass is 251 g/mol. The zero-order valence-electron chi connectivity index (χ0n) is 10.3. The first kappa shape index (κ1) is 12.8. The van der Waals surface area contributed by atoms with Gasteiger partial charge in [0.1, 0.15) is 5.69 Å². The van der Waals surface area contributed by atoms with Crippen LogP contribution in [0.15, 0.2) is 16.9 Å². The molecule has 0 aliphatic heterocycles. The van der Waals surface area contributed by atoms with E-state index < -0.39 is 0 Å². The van der Waals surface area contributed by atoms with E-state index in [1.54, 1.807) is 0 Å². The van der Waals surface area contributed by atoms with Gasteiger partial charge in [0.15, 0.2) is 0 Å². The van der Waals surface area contributed by atoms with Gasteiger partial charge in [-0.3, -0.25) is 9.59 Å². The molecule has 1 saturated carbocycles. The summed E-state index contributed by atoms with van der Waals surface area (Å²) in [5.41, 5.74) is -0.0395. The van der Waals surface area contributed by atoms with Gasteiger partial charge in [-0.05, 0) is 18.9 Å². The number of nitrogens with zero attached hydrogens (tertiary/aromatic N) is 2. The van der Waals surface area contributed by atoms with Crippen molar-refractivity contribution in [3.05, 3.63) is 28.2 Å². The van der Waals surface area contributed by atoms with Crippen molar-refractivity contribution >= 4 is 5.91 Å². The fourth-order valence-electron chi connectivity index (χ4n) is 2.19. The van der Waals surface area contributed by atoms with Crippen molar-refractivity contribution in [3.63, 3.8) is 0 Å². The van der Waals surface area contributed by atoms with E-state index in [1.165, 1.54) is 19.2 Å². The van der Waals surface area contributed by atoms with Gasteiger partial charge in [-0.25, -0.2) is 4.68 Å². The number of carbonyl (C=O) groups excluding carboxylic acids is 1. The fourth-order valence-corrected chi connectivity index (χ4v) is 2.19. The Hall–Kier alpha value is -1.69. The van der Waals surface area contributed by atoms with Crippen LogP contribution in [-0.4, -0.2) is 33.4 Å². The highest BCUT2D eigenvalue weighted by molar-refractivity contribution is 5.91. The summed E-state index contributed by atoms with van der Waals surface area (Å²) >= 11 is 0. The minimum Gasteiger partial charge on any atom is -0.393 e. The second-order valence-corrected chi connectivity index (χ2v) is 4.65. The van der Waals surface area contributed by atoms with E-state index in [1.807, 2.05) is 0 Å². The predicted octanol–water partition coefficient (Wildman–Crippen LogP) is -0.329. The maximum atomic E-state index is 11.8. The van der Waals surface area contributed by atoms with Crippen LogP contribution in [0.3, 0.4) is 0 Å². The lowest BCUT2D eigenvalue weighted by molar-refractivity contribution is 0.0910. The summed E-state index contributed by atoms with van der Waals surface area (Å²) in [5.74, 6) is -0.189. The van der Waals surface area contributed by atoms with E-state index in [-0.39, 0.29) is 29.2 Å². The number of hydrogen-bond donors (Lipinski definition) is 2. The Morgan fingerprint density at radius 1 is 1.56 bits per heavy atom. The lowest BCUT2D eigenvalue weighted by Gasteiger charge is -2.14. The average Bonchev–Trinajstić information content (AvgIpc) is 2.75. The van der Waals surface area contributed by atoms with Crippen LogP contribution in [0.4, 0.5) is 0 Å². The molecule has 1 aromatic rings. The van der Waals surface area contributed by atoms with Gasteiger partial charge in [-0.1, -0.05) is 6.42 Å². The van der Waals surface area contributed by atoms with Gasteiger partial charge in [0, 0.05) is 25.6 Å². The molecule has 2 N–H and O–H groups in total. The van der Waals surface area contributed by atoms with Crippen LogP contribution in [0, 0.1) is 5.92 Å². The largest absolute Gasteiger partial charge is 0.393 e. The van der Waals surface area contributed by atoms with Crippen LogP contribution in [-0.2, 0) is 7.05 Å². The van der Waals surface area contributed by atoms with Crippen molar-refractivity contribution in [1.82, 2.24) is 15.1 Å². The average molecular weight is 251 g/mol. The predicted molar refractivity (Wildman–Crippen MR) is 65.2 cm³/mol. The molecule has 1 fully saturated rings. The first-order chi connectivity index (χ1) is 8.58. The summed E-state index contributed by atoms with van der Waals surface area (Å²) < 4.78 is 1.12. The number of carbonyl (C=O) groups is 1. The Morgan fingerprint density at radius 3 is 2.94 bits per heavy atom. The molecule has 0 aromatic carbocycles. The van der Waals surface area contributed by atoms with Crippen molar-refractivity contribution in [1.29, 1.82) is 0 Å². The van der Waals surface area contributed by atoms with Crippen molar-refractivity contribution in [2.75, 3.05) is 6.54 Å². The van der Waals surface area contributed by atoms with E-state index >= 15 is 0 Å². The van der Waals surface area contributed by atoms with Crippen LogP contribution < -0.4 is 10.9 Å².